The van der Waals surface area contributed by atoms with Crippen LogP contribution in [0.1, 0.15) is 19.4 Å². The van der Waals surface area contributed by atoms with Gasteiger partial charge in [-0.3, -0.25) is 9.78 Å². The first-order valence-electron chi connectivity index (χ1n) is 7.94. The minimum Gasteiger partial charge on any atom is -0.305 e. The standard InChI is InChI=1S/C19H16N4OS2/c1-12(2)23(15-5-6-16-17(9-15)26-19(25)22-16)18(24)14(10-20)8-13-4-3-7-21-11-13/h3-9,11-12H,1-2H3,(H,22,25). The van der Waals surface area contributed by atoms with Crippen molar-refractivity contribution in [2.75, 3.05) is 4.90 Å². The zero-order valence-electron chi connectivity index (χ0n) is 14.2. The van der Waals surface area contributed by atoms with Gasteiger partial charge in [0.2, 0.25) is 0 Å². The van der Waals surface area contributed by atoms with E-state index in [0.717, 1.165) is 15.9 Å². The molecule has 0 bridgehead atoms. The summed E-state index contributed by atoms with van der Waals surface area (Å²) in [6.07, 6.45) is 4.81. The van der Waals surface area contributed by atoms with E-state index in [-0.39, 0.29) is 17.5 Å². The lowest BCUT2D eigenvalue weighted by atomic mass is 10.1. The molecule has 2 aromatic heterocycles. The molecule has 0 radical (unpaired) electrons. The van der Waals surface area contributed by atoms with E-state index in [1.807, 2.05) is 38.1 Å². The van der Waals surface area contributed by atoms with Gasteiger partial charge in [0.25, 0.3) is 5.91 Å². The Morgan fingerprint density at radius 2 is 2.19 bits per heavy atom. The number of rotatable bonds is 4. The monoisotopic (exact) mass is 380 g/mol. The summed E-state index contributed by atoms with van der Waals surface area (Å²) in [6.45, 7) is 3.83. The van der Waals surface area contributed by atoms with E-state index in [1.165, 1.54) is 11.3 Å². The maximum atomic E-state index is 13.0. The predicted molar refractivity (Wildman–Crippen MR) is 107 cm³/mol. The second kappa shape index (κ2) is 7.68. The van der Waals surface area contributed by atoms with Gasteiger partial charge in [0.1, 0.15) is 16.0 Å². The third-order valence-corrected chi connectivity index (χ3v) is 4.92. The van der Waals surface area contributed by atoms with Gasteiger partial charge in [-0.2, -0.15) is 5.26 Å². The van der Waals surface area contributed by atoms with Crippen molar-refractivity contribution < 1.29 is 4.79 Å². The Kier molecular flexibility index (Phi) is 5.35. The smallest absolute Gasteiger partial charge is 0.269 e. The van der Waals surface area contributed by atoms with Crippen LogP contribution < -0.4 is 4.90 Å². The summed E-state index contributed by atoms with van der Waals surface area (Å²) in [4.78, 5) is 23.0. The summed E-state index contributed by atoms with van der Waals surface area (Å²) in [5.41, 5.74) is 2.33. The largest absolute Gasteiger partial charge is 0.305 e. The van der Waals surface area contributed by atoms with Crippen LogP contribution in [0.3, 0.4) is 0 Å². The number of nitriles is 1. The van der Waals surface area contributed by atoms with Crippen LogP contribution in [-0.2, 0) is 4.79 Å². The van der Waals surface area contributed by atoms with Crippen molar-refractivity contribution in [1.29, 1.82) is 5.26 Å². The number of aromatic nitrogens is 2. The number of carbonyl (C=O) groups is 1. The number of amides is 1. The first kappa shape index (κ1) is 18.1. The second-order valence-electron chi connectivity index (χ2n) is 5.87. The lowest BCUT2D eigenvalue weighted by Crippen LogP contribution is -2.37. The summed E-state index contributed by atoms with van der Waals surface area (Å²) >= 11 is 5.73. The van der Waals surface area contributed by atoms with E-state index < -0.39 is 0 Å². The third-order valence-electron chi connectivity index (χ3n) is 3.72. The molecular formula is C19H16N4OS2. The van der Waals surface area contributed by atoms with Gasteiger partial charge in [-0.25, -0.2) is 4.98 Å². The summed E-state index contributed by atoms with van der Waals surface area (Å²) in [5, 5.41) is 9.51. The van der Waals surface area contributed by atoms with E-state index in [0.29, 0.717) is 9.90 Å². The molecule has 0 atom stereocenters. The van der Waals surface area contributed by atoms with Crippen LogP contribution in [0.2, 0.25) is 0 Å². The highest BCUT2D eigenvalue weighted by atomic mass is 32.2. The van der Waals surface area contributed by atoms with Gasteiger partial charge in [-0.05, 0) is 49.8 Å². The van der Waals surface area contributed by atoms with Crippen LogP contribution in [-0.4, -0.2) is 21.9 Å². The van der Waals surface area contributed by atoms with Gasteiger partial charge in [0, 0.05) is 24.1 Å². The maximum absolute atomic E-state index is 13.0. The minimum absolute atomic E-state index is 0.0611. The SMILES string of the molecule is CC(C)N(C(=O)C(C#N)=Cc1cccnc1)c1ccc2nc(S)sc2c1. The number of benzene rings is 1. The quantitative estimate of drug-likeness (QED) is 0.415. The lowest BCUT2D eigenvalue weighted by molar-refractivity contribution is -0.115. The van der Waals surface area contributed by atoms with Crippen LogP contribution in [0, 0.1) is 11.3 Å². The molecule has 0 aliphatic rings. The Hall–Kier alpha value is -2.69. The zero-order chi connectivity index (χ0) is 18.7. The van der Waals surface area contributed by atoms with Gasteiger partial charge < -0.3 is 4.90 Å². The van der Waals surface area contributed by atoms with Gasteiger partial charge >= 0.3 is 0 Å². The number of thiazole rings is 1. The molecule has 5 nitrogen and oxygen atoms in total. The van der Waals surface area contributed by atoms with E-state index in [4.69, 9.17) is 0 Å². The van der Waals surface area contributed by atoms with Crippen molar-refractivity contribution >= 4 is 51.9 Å². The molecule has 7 heteroatoms. The summed E-state index contributed by atoms with van der Waals surface area (Å²) in [5.74, 6) is -0.346. The first-order valence-corrected chi connectivity index (χ1v) is 9.21. The molecule has 0 fully saturated rings. The van der Waals surface area contributed by atoms with Crippen molar-refractivity contribution in [3.63, 3.8) is 0 Å². The second-order valence-corrected chi connectivity index (χ2v) is 7.63. The Morgan fingerprint density at radius 1 is 1.38 bits per heavy atom. The van der Waals surface area contributed by atoms with Crippen LogP contribution in [0.15, 0.2) is 52.6 Å². The van der Waals surface area contributed by atoms with Crippen LogP contribution in [0.4, 0.5) is 5.69 Å². The van der Waals surface area contributed by atoms with E-state index in [1.54, 1.807) is 35.5 Å². The van der Waals surface area contributed by atoms with Gasteiger partial charge in [-0.1, -0.05) is 6.07 Å². The highest BCUT2D eigenvalue weighted by Gasteiger charge is 2.23. The molecule has 3 rings (SSSR count). The molecule has 0 aliphatic carbocycles. The Balaban J connectivity index is 2.01. The number of nitrogens with zero attached hydrogens (tertiary/aromatic N) is 4. The van der Waals surface area contributed by atoms with E-state index in [9.17, 15) is 10.1 Å². The number of pyridine rings is 1. The van der Waals surface area contributed by atoms with Crippen LogP contribution in [0.5, 0.6) is 0 Å². The maximum Gasteiger partial charge on any atom is 0.269 e. The molecule has 26 heavy (non-hydrogen) atoms. The van der Waals surface area contributed by atoms with Crippen molar-refractivity contribution in [3.05, 3.63) is 53.9 Å². The van der Waals surface area contributed by atoms with Crippen molar-refractivity contribution in [2.24, 2.45) is 0 Å². The van der Waals surface area contributed by atoms with E-state index in [2.05, 4.69) is 22.6 Å². The molecule has 0 saturated carbocycles. The van der Waals surface area contributed by atoms with Crippen LogP contribution in [0.25, 0.3) is 16.3 Å². The molecule has 130 valence electrons. The van der Waals surface area contributed by atoms with Crippen molar-refractivity contribution in [2.45, 2.75) is 24.2 Å². The fraction of sp³-hybridized carbons (Fsp3) is 0.158. The Labute approximate surface area is 161 Å². The molecule has 0 aliphatic heterocycles. The summed E-state index contributed by atoms with van der Waals surface area (Å²) in [6, 6.07) is 11.1. The van der Waals surface area contributed by atoms with Gasteiger partial charge in [-0.15, -0.1) is 24.0 Å². The molecular weight excluding hydrogens is 364 g/mol. The molecule has 0 spiro atoms. The Bertz CT molecular complexity index is 1020. The predicted octanol–water partition coefficient (Wildman–Crippen LogP) is 4.33. The van der Waals surface area contributed by atoms with Crippen molar-refractivity contribution in [3.8, 4) is 6.07 Å². The normalized spacial score (nSPS) is 11.6. The number of hydrogen-bond donors (Lipinski definition) is 1. The number of carbonyl (C=O) groups excluding carboxylic acids is 1. The molecule has 1 amide bonds. The first-order chi connectivity index (χ1) is 12.5. The highest BCUT2D eigenvalue weighted by molar-refractivity contribution is 7.82. The number of thiol groups is 1. The average Bonchev–Trinajstić information content (AvgIpc) is 2.99. The van der Waals surface area contributed by atoms with Crippen molar-refractivity contribution in [1.82, 2.24) is 9.97 Å². The summed E-state index contributed by atoms with van der Waals surface area (Å²) in [7, 11) is 0. The third kappa shape index (κ3) is 3.77. The molecule has 0 saturated heterocycles. The highest BCUT2D eigenvalue weighted by Crippen LogP contribution is 2.30. The van der Waals surface area contributed by atoms with Gasteiger partial charge in [0.05, 0.1) is 10.2 Å². The number of fused-ring (bicyclic) bond motifs is 1. The topological polar surface area (TPSA) is 69.9 Å². The fourth-order valence-corrected chi connectivity index (χ4v) is 3.74. The number of hydrogen-bond acceptors (Lipinski definition) is 6. The molecule has 0 unspecified atom stereocenters. The van der Waals surface area contributed by atoms with Crippen LogP contribution >= 0.6 is 24.0 Å². The van der Waals surface area contributed by atoms with Gasteiger partial charge in [0.15, 0.2) is 0 Å². The zero-order valence-corrected chi connectivity index (χ0v) is 16.0. The number of anilines is 1. The lowest BCUT2D eigenvalue weighted by Gasteiger charge is -2.26. The molecule has 1 aromatic carbocycles. The molecule has 0 N–H and O–H groups in total. The average molecular weight is 380 g/mol. The molecule has 3 aromatic rings. The Morgan fingerprint density at radius 3 is 2.85 bits per heavy atom. The minimum atomic E-state index is -0.346. The fourth-order valence-electron chi connectivity index (χ4n) is 2.60. The van der Waals surface area contributed by atoms with E-state index >= 15 is 0 Å². The molecule has 2 heterocycles. The summed E-state index contributed by atoms with van der Waals surface area (Å²) < 4.78 is 1.62.